The molecule has 0 aliphatic rings. The van der Waals surface area contributed by atoms with Gasteiger partial charge in [0.1, 0.15) is 0 Å². The molecule has 0 aliphatic heterocycles. The standard InChI is InChI=1S/C14H15NO2/c1-9-6-11(8-13(16)17-3)14-12(7-9)10(2)4-5-15-14/h4-7H,8H2,1-3H3. The number of carbonyl (C=O) groups is 1. The lowest BCUT2D eigenvalue weighted by molar-refractivity contribution is -0.139. The molecule has 2 aromatic rings. The number of hydrogen-bond acceptors (Lipinski definition) is 3. The van der Waals surface area contributed by atoms with Crippen LogP contribution in [-0.2, 0) is 16.0 Å². The lowest BCUT2D eigenvalue weighted by Crippen LogP contribution is -2.06. The number of carbonyl (C=O) groups excluding carboxylic acids is 1. The van der Waals surface area contributed by atoms with E-state index in [9.17, 15) is 4.79 Å². The molecule has 3 nitrogen and oxygen atoms in total. The molecule has 0 radical (unpaired) electrons. The summed E-state index contributed by atoms with van der Waals surface area (Å²) in [5.41, 5.74) is 4.12. The first kappa shape index (κ1) is 11.6. The molecule has 0 N–H and O–H groups in total. The second-order valence-electron chi connectivity index (χ2n) is 4.20. The van der Waals surface area contributed by atoms with Crippen LogP contribution in [0, 0.1) is 13.8 Å². The summed E-state index contributed by atoms with van der Waals surface area (Å²) in [4.78, 5) is 15.7. The van der Waals surface area contributed by atoms with Crippen LogP contribution in [0.2, 0.25) is 0 Å². The maximum Gasteiger partial charge on any atom is 0.310 e. The third kappa shape index (κ3) is 2.28. The number of fused-ring (bicyclic) bond motifs is 1. The van der Waals surface area contributed by atoms with Crippen molar-refractivity contribution in [2.75, 3.05) is 7.11 Å². The molecule has 1 aromatic carbocycles. The number of aryl methyl sites for hydroxylation is 2. The molecule has 1 heterocycles. The van der Waals surface area contributed by atoms with Crippen molar-refractivity contribution >= 4 is 16.9 Å². The minimum absolute atomic E-state index is 0.236. The molecule has 88 valence electrons. The van der Waals surface area contributed by atoms with Crippen molar-refractivity contribution in [2.24, 2.45) is 0 Å². The Balaban J connectivity index is 2.62. The first-order valence-electron chi connectivity index (χ1n) is 5.53. The molecular weight excluding hydrogens is 214 g/mol. The summed E-state index contributed by atoms with van der Waals surface area (Å²) in [7, 11) is 1.40. The third-order valence-corrected chi connectivity index (χ3v) is 2.85. The van der Waals surface area contributed by atoms with Crippen molar-refractivity contribution in [3.63, 3.8) is 0 Å². The highest BCUT2D eigenvalue weighted by molar-refractivity contribution is 5.88. The minimum atomic E-state index is -0.236. The molecule has 0 saturated carbocycles. The van der Waals surface area contributed by atoms with Crippen molar-refractivity contribution in [1.82, 2.24) is 4.98 Å². The zero-order valence-corrected chi connectivity index (χ0v) is 10.3. The second-order valence-corrected chi connectivity index (χ2v) is 4.20. The van der Waals surface area contributed by atoms with Gasteiger partial charge in [0.05, 0.1) is 19.0 Å². The van der Waals surface area contributed by atoms with E-state index in [1.807, 2.05) is 26.0 Å². The van der Waals surface area contributed by atoms with Crippen LogP contribution in [0.5, 0.6) is 0 Å². The second kappa shape index (κ2) is 4.53. The molecule has 0 amide bonds. The largest absolute Gasteiger partial charge is 0.469 e. The summed E-state index contributed by atoms with van der Waals surface area (Å²) in [6, 6.07) is 6.06. The SMILES string of the molecule is COC(=O)Cc1cc(C)cc2c(C)ccnc12. The van der Waals surface area contributed by atoms with E-state index in [2.05, 4.69) is 11.1 Å². The molecule has 0 fully saturated rings. The zero-order chi connectivity index (χ0) is 12.4. The van der Waals surface area contributed by atoms with E-state index in [4.69, 9.17) is 4.74 Å². The van der Waals surface area contributed by atoms with Crippen LogP contribution in [0.3, 0.4) is 0 Å². The van der Waals surface area contributed by atoms with E-state index in [0.717, 1.165) is 22.0 Å². The maximum absolute atomic E-state index is 11.4. The maximum atomic E-state index is 11.4. The quantitative estimate of drug-likeness (QED) is 0.743. The van der Waals surface area contributed by atoms with E-state index < -0.39 is 0 Å². The van der Waals surface area contributed by atoms with E-state index in [-0.39, 0.29) is 12.4 Å². The Morgan fingerprint density at radius 3 is 2.82 bits per heavy atom. The molecule has 17 heavy (non-hydrogen) atoms. The fourth-order valence-electron chi connectivity index (χ4n) is 1.98. The summed E-state index contributed by atoms with van der Waals surface area (Å²) < 4.78 is 4.71. The fraction of sp³-hybridized carbons (Fsp3) is 0.286. The molecule has 1 aromatic heterocycles. The van der Waals surface area contributed by atoms with Crippen molar-refractivity contribution in [2.45, 2.75) is 20.3 Å². The third-order valence-electron chi connectivity index (χ3n) is 2.85. The van der Waals surface area contributed by atoms with E-state index in [1.54, 1.807) is 6.20 Å². The highest BCUT2D eigenvalue weighted by Gasteiger charge is 2.10. The van der Waals surface area contributed by atoms with Gasteiger partial charge in [0.25, 0.3) is 0 Å². The first-order valence-corrected chi connectivity index (χ1v) is 5.53. The van der Waals surface area contributed by atoms with Gasteiger partial charge >= 0.3 is 5.97 Å². The average Bonchev–Trinajstić information content (AvgIpc) is 2.30. The molecule has 0 aliphatic carbocycles. The predicted molar refractivity (Wildman–Crippen MR) is 66.9 cm³/mol. The van der Waals surface area contributed by atoms with Crippen molar-refractivity contribution < 1.29 is 9.53 Å². The molecule has 0 atom stereocenters. The minimum Gasteiger partial charge on any atom is -0.469 e. The number of esters is 1. The predicted octanol–water partition coefficient (Wildman–Crippen LogP) is 2.57. The fourth-order valence-corrected chi connectivity index (χ4v) is 1.98. The summed E-state index contributed by atoms with van der Waals surface area (Å²) in [5, 5.41) is 1.10. The van der Waals surface area contributed by atoms with Gasteiger partial charge in [-0.05, 0) is 37.1 Å². The summed E-state index contributed by atoms with van der Waals surface area (Å²) in [5.74, 6) is -0.236. The number of methoxy groups -OCH3 is 1. The topological polar surface area (TPSA) is 39.2 Å². The van der Waals surface area contributed by atoms with Gasteiger partial charge in [-0.15, -0.1) is 0 Å². The molecule has 0 bridgehead atoms. The number of hydrogen-bond donors (Lipinski definition) is 0. The number of aromatic nitrogens is 1. The lowest BCUT2D eigenvalue weighted by atomic mass is 10.0. The van der Waals surface area contributed by atoms with Gasteiger partial charge in [0, 0.05) is 11.6 Å². The Labute approximate surface area is 100 Å². The Bertz CT molecular complexity index is 576. The van der Waals surface area contributed by atoms with Crippen LogP contribution < -0.4 is 0 Å². The van der Waals surface area contributed by atoms with E-state index >= 15 is 0 Å². The zero-order valence-electron chi connectivity index (χ0n) is 10.3. The van der Waals surface area contributed by atoms with E-state index in [0.29, 0.717) is 0 Å². The lowest BCUT2D eigenvalue weighted by Gasteiger charge is -2.08. The number of benzene rings is 1. The molecule has 0 unspecified atom stereocenters. The van der Waals surface area contributed by atoms with Gasteiger partial charge in [0.15, 0.2) is 0 Å². The van der Waals surface area contributed by atoms with Crippen LogP contribution >= 0.6 is 0 Å². The normalized spacial score (nSPS) is 10.5. The molecule has 2 rings (SSSR count). The average molecular weight is 229 g/mol. The van der Waals surface area contributed by atoms with Crippen molar-refractivity contribution in [1.29, 1.82) is 0 Å². The molecule has 0 spiro atoms. The Kier molecular flexibility index (Phi) is 3.09. The molecule has 3 heteroatoms. The molecule has 0 saturated heterocycles. The van der Waals surface area contributed by atoms with Crippen LogP contribution in [0.1, 0.15) is 16.7 Å². The highest BCUT2D eigenvalue weighted by atomic mass is 16.5. The Morgan fingerprint density at radius 1 is 1.35 bits per heavy atom. The van der Waals surface area contributed by atoms with Crippen molar-refractivity contribution in [3.8, 4) is 0 Å². The monoisotopic (exact) mass is 229 g/mol. The van der Waals surface area contributed by atoms with Crippen LogP contribution in [-0.4, -0.2) is 18.1 Å². The van der Waals surface area contributed by atoms with Crippen LogP contribution in [0.15, 0.2) is 24.4 Å². The van der Waals surface area contributed by atoms with Gasteiger partial charge in [-0.3, -0.25) is 9.78 Å². The van der Waals surface area contributed by atoms with Gasteiger partial charge < -0.3 is 4.74 Å². The van der Waals surface area contributed by atoms with Gasteiger partial charge in [-0.25, -0.2) is 0 Å². The highest BCUT2D eigenvalue weighted by Crippen LogP contribution is 2.22. The molecular formula is C14H15NO2. The van der Waals surface area contributed by atoms with Crippen LogP contribution in [0.25, 0.3) is 10.9 Å². The summed E-state index contributed by atoms with van der Waals surface area (Å²) in [6.45, 7) is 4.07. The Hall–Kier alpha value is -1.90. The van der Waals surface area contributed by atoms with Gasteiger partial charge in [0.2, 0.25) is 0 Å². The number of rotatable bonds is 2. The summed E-state index contributed by atoms with van der Waals surface area (Å²) >= 11 is 0. The number of ether oxygens (including phenoxy) is 1. The van der Waals surface area contributed by atoms with Gasteiger partial charge in [-0.2, -0.15) is 0 Å². The van der Waals surface area contributed by atoms with E-state index in [1.165, 1.54) is 12.7 Å². The van der Waals surface area contributed by atoms with Gasteiger partial charge in [-0.1, -0.05) is 11.6 Å². The number of nitrogens with zero attached hydrogens (tertiary/aromatic N) is 1. The van der Waals surface area contributed by atoms with Crippen LogP contribution in [0.4, 0.5) is 0 Å². The van der Waals surface area contributed by atoms with Crippen molar-refractivity contribution in [3.05, 3.63) is 41.1 Å². The smallest absolute Gasteiger partial charge is 0.310 e. The number of pyridine rings is 1. The first-order chi connectivity index (χ1) is 8.11. The summed E-state index contributed by atoms with van der Waals surface area (Å²) in [6.07, 6.45) is 2.04. The Morgan fingerprint density at radius 2 is 2.12 bits per heavy atom.